The molecule has 0 spiro atoms. The van der Waals surface area contributed by atoms with Crippen molar-refractivity contribution in [3.8, 4) is 16.9 Å². The van der Waals surface area contributed by atoms with Crippen LogP contribution < -0.4 is 4.74 Å². The first-order valence-corrected chi connectivity index (χ1v) is 11.0. The van der Waals surface area contributed by atoms with E-state index in [4.69, 9.17) is 14.2 Å². The third-order valence-corrected chi connectivity index (χ3v) is 5.55. The highest BCUT2D eigenvalue weighted by molar-refractivity contribution is 7.09. The predicted molar refractivity (Wildman–Crippen MR) is 115 cm³/mol. The largest absolute Gasteiger partial charge is 0.493 e. The molecular formula is C22H26N4O3S. The number of ether oxygens (including phenoxy) is 3. The molecule has 1 aliphatic rings. The molecule has 1 fully saturated rings. The molecule has 0 aliphatic carbocycles. The first-order valence-electron chi connectivity index (χ1n) is 10.1. The second-order valence-electron chi connectivity index (χ2n) is 7.21. The summed E-state index contributed by atoms with van der Waals surface area (Å²) in [6, 6.07) is 6.23. The molecule has 0 atom stereocenters. The van der Waals surface area contributed by atoms with Gasteiger partial charge in [-0.1, -0.05) is 6.07 Å². The van der Waals surface area contributed by atoms with Crippen LogP contribution in [0.5, 0.6) is 5.75 Å². The average Bonchev–Trinajstić information content (AvgIpc) is 3.29. The number of aromatic nitrogens is 3. The molecule has 1 saturated heterocycles. The van der Waals surface area contributed by atoms with Gasteiger partial charge in [0.2, 0.25) is 0 Å². The van der Waals surface area contributed by atoms with E-state index in [9.17, 15) is 0 Å². The predicted octanol–water partition coefficient (Wildman–Crippen LogP) is 3.76. The third kappa shape index (κ3) is 5.82. The molecule has 2 aromatic heterocycles. The number of thiazole rings is 1. The van der Waals surface area contributed by atoms with E-state index in [-0.39, 0.29) is 6.29 Å². The van der Waals surface area contributed by atoms with Crippen LogP contribution in [0.25, 0.3) is 11.1 Å². The Labute approximate surface area is 180 Å². The van der Waals surface area contributed by atoms with E-state index in [0.717, 1.165) is 60.2 Å². The summed E-state index contributed by atoms with van der Waals surface area (Å²) in [5.41, 5.74) is 3.16. The van der Waals surface area contributed by atoms with Crippen molar-refractivity contribution >= 4 is 11.3 Å². The molecule has 1 aliphatic heterocycles. The fourth-order valence-electron chi connectivity index (χ4n) is 3.35. The molecule has 3 aromatic rings. The highest BCUT2D eigenvalue weighted by Gasteiger charge is 2.15. The maximum atomic E-state index is 6.14. The fourth-order valence-corrected chi connectivity index (χ4v) is 4.04. The summed E-state index contributed by atoms with van der Waals surface area (Å²) in [4.78, 5) is 14.9. The van der Waals surface area contributed by atoms with Crippen molar-refractivity contribution in [1.29, 1.82) is 0 Å². The summed E-state index contributed by atoms with van der Waals surface area (Å²) >= 11 is 1.67. The zero-order valence-corrected chi connectivity index (χ0v) is 17.9. The molecular weight excluding hydrogens is 400 g/mol. The van der Waals surface area contributed by atoms with E-state index in [0.29, 0.717) is 13.0 Å². The topological polar surface area (TPSA) is 69.6 Å². The minimum absolute atomic E-state index is 0.171. The van der Waals surface area contributed by atoms with Crippen LogP contribution in [0.1, 0.15) is 23.4 Å². The minimum atomic E-state index is -0.171. The molecule has 0 radical (unpaired) electrons. The Bertz CT molecular complexity index is 902. The number of hydrogen-bond acceptors (Lipinski definition) is 8. The Morgan fingerprint density at radius 2 is 1.97 bits per heavy atom. The van der Waals surface area contributed by atoms with Gasteiger partial charge in [0.1, 0.15) is 17.1 Å². The summed E-state index contributed by atoms with van der Waals surface area (Å²) in [5, 5.41) is 3.10. The van der Waals surface area contributed by atoms with Gasteiger partial charge in [0.15, 0.2) is 6.29 Å². The molecule has 30 heavy (non-hydrogen) atoms. The van der Waals surface area contributed by atoms with Gasteiger partial charge in [0.05, 0.1) is 26.4 Å². The standard InChI is InChI=1S/C22H26N4O3S/c1-26(15-21-25-6-10-30-21)14-18-11-17(19-12-23-16-24-13-19)3-4-20(18)27-9-5-22-28-7-2-8-29-22/h3-4,6,10-13,16,22H,2,5,7-9,14-15H2,1H3. The second kappa shape index (κ2) is 10.6. The lowest BCUT2D eigenvalue weighted by Crippen LogP contribution is -2.26. The Balaban J connectivity index is 1.47. The normalized spacial score (nSPS) is 14.9. The summed E-state index contributed by atoms with van der Waals surface area (Å²) in [7, 11) is 2.09. The summed E-state index contributed by atoms with van der Waals surface area (Å²) in [6.45, 7) is 3.59. The monoisotopic (exact) mass is 426 g/mol. The quantitative estimate of drug-likeness (QED) is 0.516. The molecule has 7 nitrogen and oxygen atoms in total. The Morgan fingerprint density at radius 1 is 1.13 bits per heavy atom. The van der Waals surface area contributed by atoms with Gasteiger partial charge in [-0.2, -0.15) is 0 Å². The number of nitrogens with zero attached hydrogens (tertiary/aromatic N) is 4. The van der Waals surface area contributed by atoms with Crippen LogP contribution in [-0.4, -0.2) is 53.0 Å². The van der Waals surface area contributed by atoms with Gasteiger partial charge < -0.3 is 14.2 Å². The fraction of sp³-hybridized carbons (Fsp3) is 0.409. The molecule has 158 valence electrons. The lowest BCUT2D eigenvalue weighted by molar-refractivity contribution is -0.183. The van der Waals surface area contributed by atoms with Crippen LogP contribution in [0.2, 0.25) is 0 Å². The molecule has 0 amide bonds. The van der Waals surface area contributed by atoms with Crippen LogP contribution in [0, 0.1) is 0 Å². The first-order chi connectivity index (χ1) is 14.8. The van der Waals surface area contributed by atoms with E-state index in [1.54, 1.807) is 17.7 Å². The van der Waals surface area contributed by atoms with E-state index < -0.39 is 0 Å². The highest BCUT2D eigenvalue weighted by atomic mass is 32.1. The van der Waals surface area contributed by atoms with Crippen molar-refractivity contribution in [3.63, 3.8) is 0 Å². The van der Waals surface area contributed by atoms with E-state index >= 15 is 0 Å². The van der Waals surface area contributed by atoms with Gasteiger partial charge in [-0.25, -0.2) is 15.0 Å². The molecule has 1 aromatic carbocycles. The minimum Gasteiger partial charge on any atom is -0.493 e. The number of benzene rings is 1. The molecule has 0 N–H and O–H groups in total. The Morgan fingerprint density at radius 3 is 2.73 bits per heavy atom. The number of hydrogen-bond donors (Lipinski definition) is 0. The van der Waals surface area contributed by atoms with Crippen molar-refractivity contribution in [2.75, 3.05) is 26.9 Å². The van der Waals surface area contributed by atoms with Gasteiger partial charge in [0.25, 0.3) is 0 Å². The maximum Gasteiger partial charge on any atom is 0.160 e. The maximum absolute atomic E-state index is 6.14. The molecule has 3 heterocycles. The molecule has 0 unspecified atom stereocenters. The third-order valence-electron chi connectivity index (χ3n) is 4.79. The molecule has 0 saturated carbocycles. The zero-order chi connectivity index (χ0) is 20.6. The van der Waals surface area contributed by atoms with Gasteiger partial charge >= 0.3 is 0 Å². The van der Waals surface area contributed by atoms with Crippen LogP contribution in [0.4, 0.5) is 0 Å². The van der Waals surface area contributed by atoms with Gasteiger partial charge in [-0.15, -0.1) is 11.3 Å². The van der Waals surface area contributed by atoms with Crippen LogP contribution in [0.15, 0.2) is 48.5 Å². The second-order valence-corrected chi connectivity index (χ2v) is 8.19. The Kier molecular flexibility index (Phi) is 7.36. The lowest BCUT2D eigenvalue weighted by atomic mass is 10.0. The number of rotatable bonds is 9. The molecule has 0 bridgehead atoms. The zero-order valence-electron chi connectivity index (χ0n) is 17.1. The summed E-state index contributed by atoms with van der Waals surface area (Å²) < 4.78 is 17.4. The lowest BCUT2D eigenvalue weighted by Gasteiger charge is -2.24. The SMILES string of the molecule is CN(Cc1nccs1)Cc1cc(-c2cncnc2)ccc1OCCC1OCCCO1. The van der Waals surface area contributed by atoms with Gasteiger partial charge in [-0.05, 0) is 31.2 Å². The summed E-state index contributed by atoms with van der Waals surface area (Å²) in [5.74, 6) is 0.873. The van der Waals surface area contributed by atoms with Gasteiger partial charge in [-0.3, -0.25) is 4.90 Å². The smallest absolute Gasteiger partial charge is 0.160 e. The average molecular weight is 427 g/mol. The first kappa shape index (κ1) is 20.9. The highest BCUT2D eigenvalue weighted by Crippen LogP contribution is 2.28. The van der Waals surface area contributed by atoms with E-state index in [1.165, 1.54) is 0 Å². The van der Waals surface area contributed by atoms with E-state index in [1.807, 2.05) is 36.1 Å². The van der Waals surface area contributed by atoms with Crippen LogP contribution in [-0.2, 0) is 22.6 Å². The van der Waals surface area contributed by atoms with Crippen molar-refractivity contribution < 1.29 is 14.2 Å². The van der Waals surface area contributed by atoms with Crippen LogP contribution >= 0.6 is 11.3 Å². The van der Waals surface area contributed by atoms with Crippen molar-refractivity contribution in [3.05, 3.63) is 59.1 Å². The summed E-state index contributed by atoms with van der Waals surface area (Å²) in [6.07, 6.45) is 8.52. The Hall–Kier alpha value is -2.39. The van der Waals surface area contributed by atoms with Crippen molar-refractivity contribution in [1.82, 2.24) is 19.9 Å². The van der Waals surface area contributed by atoms with Gasteiger partial charge in [0, 0.05) is 48.1 Å². The molecule has 4 rings (SSSR count). The van der Waals surface area contributed by atoms with Crippen LogP contribution in [0.3, 0.4) is 0 Å². The van der Waals surface area contributed by atoms with Crippen molar-refractivity contribution in [2.45, 2.75) is 32.2 Å². The van der Waals surface area contributed by atoms with Crippen molar-refractivity contribution in [2.24, 2.45) is 0 Å². The van der Waals surface area contributed by atoms with E-state index in [2.05, 4.69) is 33.0 Å². The molecule has 8 heteroatoms.